The Labute approximate surface area is 76.8 Å². The van der Waals surface area contributed by atoms with Crippen LogP contribution in [0.15, 0.2) is 28.4 Å². The van der Waals surface area contributed by atoms with Crippen molar-refractivity contribution < 1.29 is 9.53 Å². The first kappa shape index (κ1) is 8.23. The smallest absolute Gasteiger partial charge is 0.356 e. The van der Waals surface area contributed by atoms with Crippen LogP contribution in [0, 0.1) is 0 Å². The predicted molar refractivity (Wildman–Crippen MR) is 49.5 cm³/mol. The summed E-state index contributed by atoms with van der Waals surface area (Å²) in [5, 5.41) is 0. The maximum absolute atomic E-state index is 11.3. The second kappa shape index (κ2) is 3.17. The number of esters is 1. The zero-order valence-corrected chi connectivity index (χ0v) is 7.54. The number of hydrogen-bond donors (Lipinski definition) is 0. The van der Waals surface area contributed by atoms with Crippen LogP contribution in [0.2, 0.25) is 0 Å². The van der Waals surface area contributed by atoms with Crippen LogP contribution in [0.1, 0.15) is 19.8 Å². The van der Waals surface area contributed by atoms with E-state index < -0.39 is 0 Å². The number of rotatable bonds is 2. The van der Waals surface area contributed by atoms with E-state index in [0.29, 0.717) is 12.3 Å². The van der Waals surface area contributed by atoms with E-state index >= 15 is 0 Å². The molecule has 3 heteroatoms. The summed E-state index contributed by atoms with van der Waals surface area (Å²) in [6.45, 7) is 2.20. The summed E-state index contributed by atoms with van der Waals surface area (Å²) in [6.07, 6.45) is 5.90. The van der Waals surface area contributed by atoms with Crippen LogP contribution in [-0.2, 0) is 9.53 Å². The van der Waals surface area contributed by atoms with Crippen molar-refractivity contribution in [3.8, 4) is 0 Å². The largest absolute Gasteiger partial charge is 0.461 e. The lowest BCUT2D eigenvalue weighted by atomic mass is 10.2. The van der Waals surface area contributed by atoms with Gasteiger partial charge in [0.25, 0.3) is 0 Å². The second-order valence-electron chi connectivity index (χ2n) is 3.01. The summed E-state index contributed by atoms with van der Waals surface area (Å²) in [7, 11) is 0. The Hall–Kier alpha value is -1.38. The molecule has 2 rings (SSSR count). The highest BCUT2D eigenvalue weighted by Gasteiger charge is 2.22. The van der Waals surface area contributed by atoms with Crippen molar-refractivity contribution in [3.05, 3.63) is 23.4 Å². The van der Waals surface area contributed by atoms with E-state index in [1.54, 1.807) is 13.0 Å². The maximum Gasteiger partial charge on any atom is 0.356 e. The summed E-state index contributed by atoms with van der Waals surface area (Å²) in [5.74, 6) is -0.315. The first-order valence-electron chi connectivity index (χ1n) is 4.48. The van der Waals surface area contributed by atoms with Crippen molar-refractivity contribution in [2.45, 2.75) is 19.8 Å². The Balaban J connectivity index is 2.16. The van der Waals surface area contributed by atoms with Crippen LogP contribution < -0.4 is 0 Å². The Morgan fingerprint density at radius 3 is 3.23 bits per heavy atom. The van der Waals surface area contributed by atoms with Gasteiger partial charge in [-0.15, -0.1) is 0 Å². The van der Waals surface area contributed by atoms with Crippen molar-refractivity contribution in [3.63, 3.8) is 0 Å². The Kier molecular flexibility index (Phi) is 2.00. The molecule has 68 valence electrons. The molecule has 1 aliphatic heterocycles. The van der Waals surface area contributed by atoms with Crippen molar-refractivity contribution in [2.24, 2.45) is 4.99 Å². The summed E-state index contributed by atoms with van der Waals surface area (Å²) in [5.41, 5.74) is 2.58. The van der Waals surface area contributed by atoms with E-state index in [0.717, 1.165) is 24.1 Å². The number of carbonyl (C=O) groups excluding carboxylic acids is 1. The molecule has 0 aromatic rings. The molecular formula is C10H11NO2. The number of allylic oxidation sites excluding steroid dienone is 3. The molecule has 13 heavy (non-hydrogen) atoms. The number of aliphatic imine (C=N–C) groups is 1. The molecule has 0 N–H and O–H groups in total. The third-order valence-corrected chi connectivity index (χ3v) is 2.11. The molecule has 0 aromatic heterocycles. The molecule has 0 saturated heterocycles. The second-order valence-corrected chi connectivity index (χ2v) is 3.01. The lowest BCUT2D eigenvalue weighted by Gasteiger charge is -1.98. The van der Waals surface area contributed by atoms with Gasteiger partial charge in [0.2, 0.25) is 0 Å². The minimum Gasteiger partial charge on any atom is -0.461 e. The standard InChI is InChI=1S/C10H11NO2/c1-2-13-10(12)9-6-7-4-3-5-8(7)11-9/h4,6H,2-3,5H2,1H3. The monoisotopic (exact) mass is 177 g/mol. The minimum atomic E-state index is -0.315. The van der Waals surface area contributed by atoms with Gasteiger partial charge in [-0.05, 0) is 31.4 Å². The van der Waals surface area contributed by atoms with E-state index in [1.807, 2.05) is 0 Å². The van der Waals surface area contributed by atoms with Gasteiger partial charge in [-0.3, -0.25) is 0 Å². The quantitative estimate of drug-likeness (QED) is 0.601. The topological polar surface area (TPSA) is 38.7 Å². The van der Waals surface area contributed by atoms with Gasteiger partial charge in [-0.1, -0.05) is 6.08 Å². The SMILES string of the molecule is CCOC(=O)C1=CC2=CCCC2=N1. The fourth-order valence-corrected chi connectivity index (χ4v) is 1.52. The van der Waals surface area contributed by atoms with E-state index in [9.17, 15) is 4.79 Å². The van der Waals surface area contributed by atoms with Crippen LogP contribution in [-0.4, -0.2) is 18.3 Å². The fourth-order valence-electron chi connectivity index (χ4n) is 1.52. The normalized spacial score (nSPS) is 19.0. The highest BCUT2D eigenvalue weighted by Crippen LogP contribution is 2.25. The lowest BCUT2D eigenvalue weighted by Crippen LogP contribution is -2.04. The van der Waals surface area contributed by atoms with Gasteiger partial charge < -0.3 is 4.74 Å². The zero-order valence-electron chi connectivity index (χ0n) is 7.54. The van der Waals surface area contributed by atoms with Crippen molar-refractivity contribution in [2.75, 3.05) is 6.61 Å². The molecule has 0 bridgehead atoms. The highest BCUT2D eigenvalue weighted by atomic mass is 16.5. The number of carbonyl (C=O) groups is 1. The maximum atomic E-state index is 11.3. The van der Waals surface area contributed by atoms with E-state index in [-0.39, 0.29) is 5.97 Å². The summed E-state index contributed by atoms with van der Waals surface area (Å²) >= 11 is 0. The van der Waals surface area contributed by atoms with E-state index in [1.165, 1.54) is 0 Å². The van der Waals surface area contributed by atoms with Crippen LogP contribution >= 0.6 is 0 Å². The summed E-state index contributed by atoms with van der Waals surface area (Å²) in [6, 6.07) is 0. The Bertz CT molecular complexity index is 337. The molecule has 3 nitrogen and oxygen atoms in total. The predicted octanol–water partition coefficient (Wildman–Crippen LogP) is 1.61. The molecule has 0 saturated carbocycles. The minimum absolute atomic E-state index is 0.315. The molecular weight excluding hydrogens is 166 g/mol. The van der Waals surface area contributed by atoms with Gasteiger partial charge in [0, 0.05) is 5.71 Å². The summed E-state index contributed by atoms with van der Waals surface area (Å²) in [4.78, 5) is 15.5. The lowest BCUT2D eigenvalue weighted by molar-refractivity contribution is -0.138. The average Bonchev–Trinajstić information content (AvgIpc) is 2.61. The Morgan fingerprint density at radius 1 is 1.69 bits per heavy atom. The van der Waals surface area contributed by atoms with E-state index in [2.05, 4.69) is 11.1 Å². The number of hydrogen-bond acceptors (Lipinski definition) is 3. The van der Waals surface area contributed by atoms with Crippen molar-refractivity contribution in [1.29, 1.82) is 0 Å². The van der Waals surface area contributed by atoms with Gasteiger partial charge in [0.05, 0.1) is 6.61 Å². The molecule has 0 unspecified atom stereocenters. The molecule has 0 atom stereocenters. The Morgan fingerprint density at radius 2 is 2.54 bits per heavy atom. The van der Waals surface area contributed by atoms with Crippen molar-refractivity contribution in [1.82, 2.24) is 0 Å². The highest BCUT2D eigenvalue weighted by molar-refractivity contribution is 6.11. The third kappa shape index (κ3) is 1.41. The van der Waals surface area contributed by atoms with Gasteiger partial charge in [0.15, 0.2) is 0 Å². The molecule has 0 aromatic carbocycles. The van der Waals surface area contributed by atoms with Crippen LogP contribution in [0.4, 0.5) is 0 Å². The first-order valence-corrected chi connectivity index (χ1v) is 4.48. The molecule has 0 fully saturated rings. The van der Waals surface area contributed by atoms with Crippen molar-refractivity contribution >= 4 is 11.7 Å². The summed E-state index contributed by atoms with van der Waals surface area (Å²) < 4.78 is 4.85. The van der Waals surface area contributed by atoms with Gasteiger partial charge in [-0.25, -0.2) is 9.79 Å². The van der Waals surface area contributed by atoms with E-state index in [4.69, 9.17) is 4.74 Å². The molecule has 0 radical (unpaired) electrons. The molecule has 0 spiro atoms. The van der Waals surface area contributed by atoms with Gasteiger partial charge in [0.1, 0.15) is 5.70 Å². The fraction of sp³-hybridized carbons (Fsp3) is 0.400. The first-order chi connectivity index (χ1) is 6.31. The number of nitrogens with zero attached hydrogens (tertiary/aromatic N) is 1. The molecule has 1 aliphatic carbocycles. The molecule has 2 aliphatic rings. The average molecular weight is 177 g/mol. The van der Waals surface area contributed by atoms with Gasteiger partial charge >= 0.3 is 5.97 Å². The molecule has 1 heterocycles. The van der Waals surface area contributed by atoms with Crippen LogP contribution in [0.3, 0.4) is 0 Å². The molecule has 0 amide bonds. The number of ether oxygens (including phenoxy) is 1. The van der Waals surface area contributed by atoms with Gasteiger partial charge in [-0.2, -0.15) is 0 Å². The third-order valence-electron chi connectivity index (χ3n) is 2.11. The number of fused-ring (bicyclic) bond motifs is 1. The van der Waals surface area contributed by atoms with Crippen LogP contribution in [0.25, 0.3) is 0 Å². The van der Waals surface area contributed by atoms with Crippen LogP contribution in [0.5, 0.6) is 0 Å². The zero-order chi connectivity index (χ0) is 9.26.